The molecular formula is C13H17N3O2S. The zero-order valence-corrected chi connectivity index (χ0v) is 11.6. The molecule has 1 aromatic carbocycles. The van der Waals surface area contributed by atoms with Gasteiger partial charge in [0.1, 0.15) is 23.1 Å². The largest absolute Gasteiger partial charge is 0.487 e. The monoisotopic (exact) mass is 279 g/mol. The highest BCUT2D eigenvalue weighted by Gasteiger charge is 2.08. The third-order valence-corrected chi connectivity index (χ3v) is 3.27. The van der Waals surface area contributed by atoms with E-state index in [0.717, 1.165) is 35.0 Å². The van der Waals surface area contributed by atoms with Crippen molar-refractivity contribution in [3.8, 4) is 5.75 Å². The van der Waals surface area contributed by atoms with E-state index in [1.165, 1.54) is 11.5 Å². The van der Waals surface area contributed by atoms with Crippen LogP contribution in [0.4, 0.5) is 5.00 Å². The molecule has 0 bridgehead atoms. The molecule has 0 saturated carbocycles. The highest BCUT2D eigenvalue weighted by atomic mass is 32.1. The molecule has 2 N–H and O–H groups in total. The summed E-state index contributed by atoms with van der Waals surface area (Å²) in [6.07, 6.45) is 1.05. The van der Waals surface area contributed by atoms with E-state index in [1.807, 2.05) is 24.3 Å². The van der Waals surface area contributed by atoms with E-state index in [4.69, 9.17) is 9.84 Å². The third kappa shape index (κ3) is 3.90. The summed E-state index contributed by atoms with van der Waals surface area (Å²) in [4.78, 5) is 0. The lowest BCUT2D eigenvalue weighted by Crippen LogP contribution is -2.03. The van der Waals surface area contributed by atoms with Gasteiger partial charge in [0.05, 0.1) is 6.61 Å². The summed E-state index contributed by atoms with van der Waals surface area (Å²) in [6.45, 7) is 3.39. The maximum atomic E-state index is 9.07. The lowest BCUT2D eigenvalue weighted by atomic mass is 10.2. The van der Waals surface area contributed by atoms with Gasteiger partial charge < -0.3 is 15.2 Å². The van der Waals surface area contributed by atoms with Gasteiger partial charge in [0.15, 0.2) is 0 Å². The number of hydrogen-bond donors (Lipinski definition) is 2. The Morgan fingerprint density at radius 3 is 3.11 bits per heavy atom. The number of nitrogens with zero attached hydrogens (tertiary/aromatic N) is 2. The van der Waals surface area contributed by atoms with Crippen molar-refractivity contribution in [1.29, 1.82) is 0 Å². The van der Waals surface area contributed by atoms with E-state index >= 15 is 0 Å². The molecular weight excluding hydrogens is 262 g/mol. The van der Waals surface area contributed by atoms with Crippen LogP contribution in [0, 0.1) is 0 Å². The molecule has 2 rings (SSSR count). The van der Waals surface area contributed by atoms with Crippen LogP contribution in [0.3, 0.4) is 0 Å². The Morgan fingerprint density at radius 2 is 2.32 bits per heavy atom. The Balaban J connectivity index is 1.96. The first-order chi connectivity index (χ1) is 9.33. The molecule has 0 aliphatic heterocycles. The number of aliphatic hydroxyl groups is 1. The van der Waals surface area contributed by atoms with Gasteiger partial charge in [-0.1, -0.05) is 23.5 Å². The second-order valence-corrected chi connectivity index (χ2v) is 4.82. The molecule has 0 atom stereocenters. The molecule has 0 spiro atoms. The van der Waals surface area contributed by atoms with Crippen LogP contribution >= 0.6 is 11.5 Å². The average molecular weight is 279 g/mol. The van der Waals surface area contributed by atoms with Crippen molar-refractivity contribution in [2.24, 2.45) is 0 Å². The lowest BCUT2D eigenvalue weighted by Gasteiger charge is -2.07. The van der Waals surface area contributed by atoms with E-state index < -0.39 is 0 Å². The van der Waals surface area contributed by atoms with Crippen molar-refractivity contribution in [2.75, 3.05) is 11.9 Å². The van der Waals surface area contributed by atoms with Crippen LogP contribution in [0.15, 0.2) is 24.3 Å². The molecule has 0 amide bonds. The smallest absolute Gasteiger partial charge is 0.136 e. The summed E-state index contributed by atoms with van der Waals surface area (Å²) >= 11 is 1.34. The Hall–Kier alpha value is -1.66. The van der Waals surface area contributed by atoms with Crippen molar-refractivity contribution >= 4 is 16.5 Å². The molecule has 2 aromatic rings. The fourth-order valence-electron chi connectivity index (χ4n) is 1.56. The first kappa shape index (κ1) is 13.8. The predicted octanol–water partition coefficient (Wildman–Crippen LogP) is 2.43. The third-order valence-electron chi connectivity index (χ3n) is 2.55. The molecule has 0 fully saturated rings. The molecule has 0 radical (unpaired) electrons. The minimum atomic E-state index is 0.0127. The number of benzene rings is 1. The van der Waals surface area contributed by atoms with E-state index in [0.29, 0.717) is 6.61 Å². The quantitative estimate of drug-likeness (QED) is 0.814. The van der Waals surface area contributed by atoms with Gasteiger partial charge >= 0.3 is 0 Å². The number of hydrogen-bond acceptors (Lipinski definition) is 6. The standard InChI is InChI=1S/C13H17N3O2S/c1-2-6-14-13-12(15-16-19-13)9-18-11-5-3-4-10(7-11)8-17/h3-5,7,14,17H,2,6,8-9H2,1H3. The fourth-order valence-corrected chi connectivity index (χ4v) is 2.15. The van der Waals surface area contributed by atoms with Crippen molar-refractivity contribution < 1.29 is 9.84 Å². The second kappa shape index (κ2) is 7.06. The number of rotatable bonds is 7. The first-order valence-corrected chi connectivity index (χ1v) is 6.98. The van der Waals surface area contributed by atoms with Gasteiger partial charge in [0.2, 0.25) is 0 Å². The van der Waals surface area contributed by atoms with E-state index in [1.54, 1.807) is 0 Å². The summed E-state index contributed by atoms with van der Waals surface area (Å²) in [7, 11) is 0. The minimum absolute atomic E-state index is 0.0127. The van der Waals surface area contributed by atoms with Crippen LogP contribution < -0.4 is 10.1 Å². The number of ether oxygens (including phenoxy) is 1. The van der Waals surface area contributed by atoms with Gasteiger partial charge in [-0.15, -0.1) is 5.10 Å². The van der Waals surface area contributed by atoms with Crippen LogP contribution in [-0.2, 0) is 13.2 Å². The Labute approximate surface area is 116 Å². The highest BCUT2D eigenvalue weighted by Crippen LogP contribution is 2.20. The molecule has 0 aliphatic carbocycles. The van der Waals surface area contributed by atoms with Crippen LogP contribution in [0.2, 0.25) is 0 Å². The molecule has 0 saturated heterocycles. The van der Waals surface area contributed by atoms with Gasteiger partial charge in [-0.2, -0.15) is 0 Å². The van der Waals surface area contributed by atoms with Crippen LogP contribution in [0.25, 0.3) is 0 Å². The normalized spacial score (nSPS) is 10.4. The molecule has 1 aromatic heterocycles. The van der Waals surface area contributed by atoms with Gasteiger partial charge in [-0.05, 0) is 24.1 Å². The zero-order valence-electron chi connectivity index (χ0n) is 10.8. The number of aliphatic hydroxyl groups excluding tert-OH is 1. The van der Waals surface area contributed by atoms with E-state index in [-0.39, 0.29) is 6.61 Å². The summed E-state index contributed by atoms with van der Waals surface area (Å²) in [5, 5.41) is 17.4. The van der Waals surface area contributed by atoms with Gasteiger partial charge in [0.25, 0.3) is 0 Å². The van der Waals surface area contributed by atoms with Crippen molar-refractivity contribution in [2.45, 2.75) is 26.6 Å². The highest BCUT2D eigenvalue weighted by molar-refractivity contribution is 7.10. The Bertz CT molecular complexity index is 516. The second-order valence-electron chi connectivity index (χ2n) is 4.07. The molecule has 102 valence electrons. The number of anilines is 1. The van der Waals surface area contributed by atoms with Crippen LogP contribution in [0.1, 0.15) is 24.6 Å². The molecule has 0 aliphatic rings. The topological polar surface area (TPSA) is 67.3 Å². The lowest BCUT2D eigenvalue weighted by molar-refractivity contribution is 0.277. The summed E-state index contributed by atoms with van der Waals surface area (Å²) < 4.78 is 9.60. The minimum Gasteiger partial charge on any atom is -0.487 e. The maximum absolute atomic E-state index is 9.07. The summed E-state index contributed by atoms with van der Waals surface area (Å²) in [5.74, 6) is 0.723. The first-order valence-electron chi connectivity index (χ1n) is 6.21. The van der Waals surface area contributed by atoms with Crippen LogP contribution in [0.5, 0.6) is 5.75 Å². The van der Waals surface area contributed by atoms with Crippen LogP contribution in [-0.4, -0.2) is 21.2 Å². The van der Waals surface area contributed by atoms with Crippen molar-refractivity contribution in [3.05, 3.63) is 35.5 Å². The number of nitrogens with one attached hydrogen (secondary N) is 1. The molecule has 5 nitrogen and oxygen atoms in total. The Kier molecular flexibility index (Phi) is 5.11. The van der Waals surface area contributed by atoms with Crippen molar-refractivity contribution in [1.82, 2.24) is 9.59 Å². The predicted molar refractivity (Wildman–Crippen MR) is 75.4 cm³/mol. The fraction of sp³-hybridized carbons (Fsp3) is 0.385. The van der Waals surface area contributed by atoms with Gasteiger partial charge in [-0.25, -0.2) is 0 Å². The zero-order chi connectivity index (χ0) is 13.5. The SMILES string of the molecule is CCCNc1snnc1COc1cccc(CO)c1. The molecule has 1 heterocycles. The number of aromatic nitrogens is 2. The molecule has 19 heavy (non-hydrogen) atoms. The average Bonchev–Trinajstić information content (AvgIpc) is 2.90. The van der Waals surface area contributed by atoms with Crippen molar-refractivity contribution in [3.63, 3.8) is 0 Å². The van der Waals surface area contributed by atoms with E-state index in [9.17, 15) is 0 Å². The summed E-state index contributed by atoms with van der Waals surface area (Å²) in [6, 6.07) is 7.39. The van der Waals surface area contributed by atoms with Gasteiger partial charge in [-0.3, -0.25) is 0 Å². The maximum Gasteiger partial charge on any atom is 0.136 e. The van der Waals surface area contributed by atoms with Gasteiger partial charge in [0, 0.05) is 18.1 Å². The molecule has 6 heteroatoms. The summed E-state index contributed by atoms with van der Waals surface area (Å²) in [5.41, 5.74) is 1.64. The molecule has 0 unspecified atom stereocenters. The van der Waals surface area contributed by atoms with E-state index in [2.05, 4.69) is 21.8 Å². The Morgan fingerprint density at radius 1 is 1.42 bits per heavy atom.